The summed E-state index contributed by atoms with van der Waals surface area (Å²) in [5.74, 6) is -0.0275. The van der Waals surface area contributed by atoms with E-state index in [2.05, 4.69) is 26.6 Å². The Hall–Kier alpha value is 0.740. The third kappa shape index (κ3) is 7.60. The van der Waals surface area contributed by atoms with E-state index in [1.54, 1.807) is 0 Å². The van der Waals surface area contributed by atoms with Crippen molar-refractivity contribution in [3.05, 3.63) is 0 Å². The van der Waals surface area contributed by atoms with Gasteiger partial charge in [0, 0.05) is 0 Å². The van der Waals surface area contributed by atoms with Crippen LogP contribution in [-0.4, -0.2) is 29.1 Å². The minimum absolute atomic E-state index is 0.0275. The molecule has 0 aliphatic heterocycles. The molecule has 0 aliphatic carbocycles. The van der Waals surface area contributed by atoms with Crippen molar-refractivity contribution in [2.75, 3.05) is 7.11 Å². The zero-order chi connectivity index (χ0) is 11.7. The first-order valence-corrected chi connectivity index (χ1v) is 15.8. The molecule has 4 heteroatoms. The van der Waals surface area contributed by atoms with Crippen LogP contribution in [0.3, 0.4) is 0 Å². The Morgan fingerprint density at radius 2 is 1.67 bits per heavy atom. The van der Waals surface area contributed by atoms with Gasteiger partial charge in [-0.2, -0.15) is 0 Å². The summed E-state index contributed by atoms with van der Waals surface area (Å²) in [6, 6.07) is 0. The zero-order valence-electron chi connectivity index (χ0n) is 10.1. The second kappa shape index (κ2) is 8.84. The Balaban J connectivity index is 4.18. The van der Waals surface area contributed by atoms with Gasteiger partial charge in [0.25, 0.3) is 0 Å². The number of carbonyl (C=O) groups excluding carboxylic acids is 1. The zero-order valence-corrected chi connectivity index (χ0v) is 14.0. The van der Waals surface area contributed by atoms with Crippen molar-refractivity contribution >= 4 is 34.7 Å². The first-order valence-electron chi connectivity index (χ1n) is 5.60. The number of rotatable bonds is 8. The Morgan fingerprint density at radius 3 is 2.00 bits per heavy atom. The van der Waals surface area contributed by atoms with E-state index in [1.807, 2.05) is 0 Å². The number of hydrogen-bond acceptors (Lipinski definition) is 2. The van der Waals surface area contributed by atoms with Crippen molar-refractivity contribution in [1.29, 1.82) is 0 Å². The van der Waals surface area contributed by atoms with Crippen LogP contribution in [0.5, 0.6) is 0 Å². The van der Waals surface area contributed by atoms with Gasteiger partial charge in [-0.1, -0.05) is 0 Å². The number of ether oxygens (including phenoxy) is 1. The number of hydrogen-bond donors (Lipinski definition) is 0. The van der Waals surface area contributed by atoms with E-state index >= 15 is 0 Å². The molecule has 0 fully saturated rings. The van der Waals surface area contributed by atoms with Crippen molar-refractivity contribution in [3.8, 4) is 0 Å². The van der Waals surface area contributed by atoms with Crippen molar-refractivity contribution in [1.82, 2.24) is 0 Å². The summed E-state index contributed by atoms with van der Waals surface area (Å²) in [5.41, 5.74) is 0. The molecule has 0 radical (unpaired) electrons. The molecule has 0 aromatic heterocycles. The fourth-order valence-corrected chi connectivity index (χ4v) is 13.2. The fourth-order valence-electron chi connectivity index (χ4n) is 1.32. The first-order chi connectivity index (χ1) is 7.08. The molecule has 0 saturated heterocycles. The molecule has 15 heavy (non-hydrogen) atoms. The predicted octanol–water partition coefficient (Wildman–Crippen LogP) is 4.10. The van der Waals surface area contributed by atoms with Gasteiger partial charge in [-0.15, -0.1) is 0 Å². The monoisotopic (exact) mass is 396 g/mol. The van der Waals surface area contributed by atoms with E-state index in [0.717, 1.165) is 0 Å². The molecule has 92 valence electrons. The quantitative estimate of drug-likeness (QED) is 0.457. The number of unbranched alkanes of at least 4 members (excludes halogenated alkanes) is 2. The van der Waals surface area contributed by atoms with Gasteiger partial charge in [0.05, 0.1) is 0 Å². The molecule has 0 bridgehead atoms. The molecule has 0 amide bonds. The topological polar surface area (TPSA) is 26.3 Å². The molecule has 0 rings (SSSR count). The van der Waals surface area contributed by atoms with Gasteiger partial charge in [0.2, 0.25) is 0 Å². The summed E-state index contributed by atoms with van der Waals surface area (Å²) < 4.78 is 7.95. The Kier molecular flexibility index (Phi) is 9.28. The van der Waals surface area contributed by atoms with Crippen molar-refractivity contribution in [2.45, 2.75) is 52.9 Å². The average Bonchev–Trinajstić information content (AvgIpc) is 2.23. The van der Waals surface area contributed by atoms with Crippen LogP contribution in [0.1, 0.15) is 39.5 Å². The van der Waals surface area contributed by atoms with E-state index in [-0.39, 0.29) is 5.97 Å². The predicted molar refractivity (Wildman–Crippen MR) is 70.9 cm³/mol. The van der Waals surface area contributed by atoms with Gasteiger partial charge in [-0.05, 0) is 0 Å². The number of halogens is 1. The van der Waals surface area contributed by atoms with E-state index in [4.69, 9.17) is 4.74 Å². The van der Waals surface area contributed by atoms with E-state index < -0.39 is 16.0 Å². The van der Waals surface area contributed by atoms with Crippen molar-refractivity contribution < 1.29 is 9.53 Å². The minimum atomic E-state index is -2.09. The second-order valence-corrected chi connectivity index (χ2v) is 21.5. The first kappa shape index (κ1) is 15.7. The van der Waals surface area contributed by atoms with Crippen molar-refractivity contribution in [2.24, 2.45) is 0 Å². The SMILES string of the molecule is CCCC[Te](Br)(CCCC)CC(=O)OC. The fraction of sp³-hybridized carbons (Fsp3) is 0.909. The van der Waals surface area contributed by atoms with Crippen LogP contribution >= 0.6 is 12.8 Å². The molecule has 0 unspecified atom stereocenters. The Morgan fingerprint density at radius 1 is 1.20 bits per heavy atom. The molecule has 0 N–H and O–H groups in total. The molecule has 0 heterocycles. The number of methoxy groups -OCH3 is 1. The van der Waals surface area contributed by atoms with Gasteiger partial charge in [-0.25, -0.2) is 0 Å². The second-order valence-electron chi connectivity index (χ2n) is 3.78. The molecular formula is C11H23BrO2Te. The van der Waals surface area contributed by atoms with E-state index in [1.165, 1.54) is 41.7 Å². The van der Waals surface area contributed by atoms with Crippen LogP contribution in [0, 0.1) is 0 Å². The third-order valence-corrected chi connectivity index (χ3v) is 16.2. The summed E-state index contributed by atoms with van der Waals surface area (Å²) in [5, 5.41) is 0. The molecule has 0 aromatic rings. The van der Waals surface area contributed by atoms with Crippen LogP contribution < -0.4 is 0 Å². The summed E-state index contributed by atoms with van der Waals surface area (Å²) in [6.45, 7) is 4.40. The van der Waals surface area contributed by atoms with Gasteiger partial charge >= 0.3 is 104 Å². The van der Waals surface area contributed by atoms with E-state index in [0.29, 0.717) is 4.47 Å². The van der Waals surface area contributed by atoms with Crippen LogP contribution in [0.4, 0.5) is 0 Å². The molecule has 0 aliphatic rings. The summed E-state index contributed by atoms with van der Waals surface area (Å²) in [7, 11) is 1.48. The van der Waals surface area contributed by atoms with Crippen LogP contribution in [0.2, 0.25) is 13.4 Å². The normalized spacial score (nSPS) is 12.5. The number of esters is 1. The molecule has 0 aromatic carbocycles. The molecule has 0 spiro atoms. The van der Waals surface area contributed by atoms with Gasteiger partial charge < -0.3 is 0 Å². The average molecular weight is 395 g/mol. The molecule has 0 saturated carbocycles. The maximum atomic E-state index is 11.3. The van der Waals surface area contributed by atoms with Crippen LogP contribution in [-0.2, 0) is 9.53 Å². The van der Waals surface area contributed by atoms with Gasteiger partial charge in [-0.3, -0.25) is 0 Å². The van der Waals surface area contributed by atoms with Gasteiger partial charge in [0.15, 0.2) is 0 Å². The molecular weight excluding hydrogens is 372 g/mol. The van der Waals surface area contributed by atoms with Crippen LogP contribution in [0.25, 0.3) is 0 Å². The molecule has 0 atom stereocenters. The summed E-state index contributed by atoms with van der Waals surface area (Å²) >= 11 is 1.83. The molecule has 2 nitrogen and oxygen atoms in total. The van der Waals surface area contributed by atoms with Crippen molar-refractivity contribution in [3.63, 3.8) is 0 Å². The van der Waals surface area contributed by atoms with Crippen LogP contribution in [0.15, 0.2) is 0 Å². The summed E-state index contributed by atoms with van der Waals surface area (Å²) in [4.78, 5) is 11.3. The van der Waals surface area contributed by atoms with E-state index in [9.17, 15) is 4.79 Å². The summed E-state index contributed by atoms with van der Waals surface area (Å²) in [6.07, 6.45) is 4.92. The Labute approximate surface area is 104 Å². The Bertz CT molecular complexity index is 177. The number of carbonyl (C=O) groups is 1. The van der Waals surface area contributed by atoms with Gasteiger partial charge in [0.1, 0.15) is 0 Å². The maximum absolute atomic E-state index is 11.3. The standard InChI is InChI=1S/C11H23BrO2Te/c1-4-6-8-15(12,9-7-5-2)10-11(13)14-3/h4-10H2,1-3H3. The third-order valence-electron chi connectivity index (χ3n) is 2.33.